The molecule has 0 amide bonds. The molecule has 250 valence electrons. The Morgan fingerprint density at radius 3 is 0.620 bits per heavy atom. The molecular formula is C40H28ClCuN4O4. The van der Waals surface area contributed by atoms with E-state index in [1.54, 1.807) is 0 Å². The van der Waals surface area contributed by atoms with Crippen molar-refractivity contribution in [2.75, 3.05) is 0 Å². The molecule has 8 rings (SSSR count). The van der Waals surface area contributed by atoms with Crippen LogP contribution in [0.5, 0.6) is 0 Å². The first-order valence-corrected chi connectivity index (χ1v) is 16.4. The van der Waals surface area contributed by atoms with E-state index in [9.17, 15) is 0 Å². The summed E-state index contributed by atoms with van der Waals surface area (Å²) in [5.41, 5.74) is 11.7. The van der Waals surface area contributed by atoms with E-state index in [1.165, 1.54) is 0 Å². The van der Waals surface area contributed by atoms with Gasteiger partial charge in [-0.1, -0.05) is 146 Å². The SMILES string of the molecule is [Cu+].[O-][Cl+3]([O-])([O-])[O-].c1ccc(-c2nc3ccccc3nc2-c2ccccc2)cc1.c1ccc(-c2nc3ccccc3nc2-c2ccccc2)cc1. The minimum Gasteiger partial charge on any atom is -0.244 e. The van der Waals surface area contributed by atoms with Crippen molar-refractivity contribution in [2.24, 2.45) is 0 Å². The minimum atomic E-state index is -4.94. The fraction of sp³-hybridized carbons (Fsp3) is 0. The van der Waals surface area contributed by atoms with Crippen molar-refractivity contribution in [3.05, 3.63) is 170 Å². The van der Waals surface area contributed by atoms with Gasteiger partial charge in [0.05, 0.1) is 44.8 Å². The van der Waals surface area contributed by atoms with Gasteiger partial charge in [0.1, 0.15) is 0 Å². The van der Waals surface area contributed by atoms with Crippen molar-refractivity contribution in [3.63, 3.8) is 0 Å². The molecule has 0 radical (unpaired) electrons. The van der Waals surface area contributed by atoms with Crippen LogP contribution in [0, 0.1) is 10.2 Å². The molecule has 0 N–H and O–H groups in total. The molecule has 0 aliphatic heterocycles. The summed E-state index contributed by atoms with van der Waals surface area (Å²) in [5.74, 6) is 0. The van der Waals surface area contributed by atoms with Crippen molar-refractivity contribution in [2.45, 2.75) is 0 Å². The number of halogens is 1. The number of para-hydroxylation sites is 4. The zero-order valence-electron chi connectivity index (χ0n) is 26.3. The second kappa shape index (κ2) is 16.8. The minimum absolute atomic E-state index is 0. The molecule has 2 aromatic heterocycles. The van der Waals surface area contributed by atoms with Crippen molar-refractivity contribution in [1.29, 1.82) is 0 Å². The number of hydrogen-bond acceptors (Lipinski definition) is 8. The number of hydrogen-bond donors (Lipinski definition) is 0. The van der Waals surface area contributed by atoms with Gasteiger partial charge >= 0.3 is 17.1 Å². The molecule has 0 bridgehead atoms. The van der Waals surface area contributed by atoms with E-state index in [2.05, 4.69) is 48.5 Å². The molecule has 0 aliphatic rings. The van der Waals surface area contributed by atoms with Crippen LogP contribution in [0.15, 0.2) is 170 Å². The van der Waals surface area contributed by atoms with E-state index in [1.807, 2.05) is 121 Å². The summed E-state index contributed by atoms with van der Waals surface area (Å²) in [6, 6.07) is 56.9. The third kappa shape index (κ3) is 9.41. The van der Waals surface area contributed by atoms with Crippen molar-refractivity contribution >= 4 is 22.1 Å². The maximum Gasteiger partial charge on any atom is 1.00 e. The number of benzene rings is 6. The number of rotatable bonds is 4. The van der Waals surface area contributed by atoms with Gasteiger partial charge in [-0.05, 0) is 24.3 Å². The van der Waals surface area contributed by atoms with Gasteiger partial charge in [-0.3, -0.25) is 0 Å². The summed E-state index contributed by atoms with van der Waals surface area (Å²) >= 11 is 0. The number of fused-ring (bicyclic) bond motifs is 2. The maximum atomic E-state index is 8.49. The molecule has 0 fully saturated rings. The van der Waals surface area contributed by atoms with Crippen LogP contribution in [0.3, 0.4) is 0 Å². The van der Waals surface area contributed by atoms with Crippen LogP contribution in [-0.4, -0.2) is 19.9 Å². The van der Waals surface area contributed by atoms with Gasteiger partial charge in [-0.15, -0.1) is 10.2 Å². The average Bonchev–Trinajstić information content (AvgIpc) is 3.15. The fourth-order valence-corrected chi connectivity index (χ4v) is 5.19. The smallest absolute Gasteiger partial charge is 0.244 e. The summed E-state index contributed by atoms with van der Waals surface area (Å²) < 4.78 is 34.0. The Kier molecular flexibility index (Phi) is 12.1. The summed E-state index contributed by atoms with van der Waals surface area (Å²) in [7, 11) is -4.94. The summed E-state index contributed by atoms with van der Waals surface area (Å²) in [6.07, 6.45) is 0. The van der Waals surface area contributed by atoms with Crippen LogP contribution < -0.4 is 18.6 Å². The maximum absolute atomic E-state index is 8.49. The predicted octanol–water partition coefficient (Wildman–Crippen LogP) is 5.17. The molecule has 50 heavy (non-hydrogen) atoms. The molecule has 2 heterocycles. The van der Waals surface area contributed by atoms with Gasteiger partial charge in [-0.25, -0.2) is 38.6 Å². The van der Waals surface area contributed by atoms with E-state index in [4.69, 9.17) is 38.6 Å². The van der Waals surface area contributed by atoms with Crippen molar-refractivity contribution in [3.8, 4) is 45.0 Å². The standard InChI is InChI=1S/2C20H14N2.ClHO4.Cu/c2*1-3-9-15(10-4-1)19-20(16-11-5-2-6-12-16)22-18-14-8-7-13-17(18)21-19;2-1(3,4)5;/h2*1-14H;(H,2,3,4,5);/q;;;+1/p-1. The van der Waals surface area contributed by atoms with E-state index >= 15 is 0 Å². The van der Waals surface area contributed by atoms with Gasteiger partial charge in [-0.2, -0.15) is 0 Å². The molecule has 8 aromatic rings. The fourth-order valence-electron chi connectivity index (χ4n) is 5.19. The van der Waals surface area contributed by atoms with Gasteiger partial charge in [0, 0.05) is 22.3 Å². The van der Waals surface area contributed by atoms with Gasteiger partial charge in [0.2, 0.25) is 0 Å². The van der Waals surface area contributed by atoms with Crippen LogP contribution in [-0.2, 0) is 17.1 Å². The molecule has 0 unspecified atom stereocenters. The second-order valence-corrected chi connectivity index (χ2v) is 11.4. The van der Waals surface area contributed by atoms with E-state index in [0.29, 0.717) is 0 Å². The molecule has 0 saturated heterocycles. The van der Waals surface area contributed by atoms with Crippen molar-refractivity contribution < 1.29 is 45.9 Å². The van der Waals surface area contributed by atoms with Gasteiger partial charge in [0.25, 0.3) is 0 Å². The zero-order valence-corrected chi connectivity index (χ0v) is 28.0. The van der Waals surface area contributed by atoms with Crippen LogP contribution in [0.1, 0.15) is 0 Å². The summed E-state index contributed by atoms with van der Waals surface area (Å²) in [6.45, 7) is 0. The molecule has 6 aromatic carbocycles. The Hall–Kier alpha value is -5.35. The van der Waals surface area contributed by atoms with E-state index in [0.717, 1.165) is 67.1 Å². The van der Waals surface area contributed by atoms with Gasteiger partial charge in [0.15, 0.2) is 0 Å². The third-order valence-electron chi connectivity index (χ3n) is 7.33. The largest absolute Gasteiger partial charge is 1.00 e. The Labute approximate surface area is 301 Å². The number of nitrogens with zero attached hydrogens (tertiary/aromatic N) is 4. The zero-order chi connectivity index (χ0) is 34.1. The van der Waals surface area contributed by atoms with Crippen LogP contribution in [0.2, 0.25) is 0 Å². The molecule has 0 spiro atoms. The summed E-state index contributed by atoms with van der Waals surface area (Å²) in [5, 5.41) is 0. The monoisotopic (exact) mass is 726 g/mol. The van der Waals surface area contributed by atoms with Crippen LogP contribution >= 0.6 is 0 Å². The Balaban J connectivity index is 0.000000169. The first-order valence-electron chi connectivity index (χ1n) is 15.2. The van der Waals surface area contributed by atoms with Crippen molar-refractivity contribution in [1.82, 2.24) is 19.9 Å². The molecule has 0 aliphatic carbocycles. The molecule has 0 atom stereocenters. The quantitative estimate of drug-likeness (QED) is 0.226. The average molecular weight is 728 g/mol. The third-order valence-corrected chi connectivity index (χ3v) is 7.33. The Morgan fingerprint density at radius 2 is 0.440 bits per heavy atom. The molecular weight excluding hydrogens is 699 g/mol. The predicted molar refractivity (Wildman–Crippen MR) is 181 cm³/mol. The second-order valence-electron chi connectivity index (χ2n) is 10.7. The van der Waals surface area contributed by atoms with Crippen LogP contribution in [0.4, 0.5) is 0 Å². The Morgan fingerprint density at radius 1 is 0.280 bits per heavy atom. The molecule has 0 saturated carbocycles. The normalized spacial score (nSPS) is 10.6. The van der Waals surface area contributed by atoms with Crippen LogP contribution in [0.25, 0.3) is 67.1 Å². The number of aromatic nitrogens is 4. The molecule has 10 heteroatoms. The van der Waals surface area contributed by atoms with E-state index in [-0.39, 0.29) is 17.1 Å². The van der Waals surface area contributed by atoms with Gasteiger partial charge < -0.3 is 0 Å². The first kappa shape index (κ1) is 35.9. The topological polar surface area (TPSA) is 144 Å². The first-order chi connectivity index (χ1) is 23.8. The molecule has 8 nitrogen and oxygen atoms in total. The summed E-state index contributed by atoms with van der Waals surface area (Å²) in [4.78, 5) is 19.4. The van der Waals surface area contributed by atoms with E-state index < -0.39 is 10.2 Å². The Bertz CT molecular complexity index is 1960.